The number of hydrogen-bond acceptors (Lipinski definition) is 6. The number of carbonyl (C=O) groups excluding carboxylic acids is 2. The molecule has 28 heavy (non-hydrogen) atoms. The van der Waals surface area contributed by atoms with E-state index in [-0.39, 0.29) is 12.4 Å². The molecule has 0 saturated heterocycles. The Bertz CT molecular complexity index is 1000. The van der Waals surface area contributed by atoms with Gasteiger partial charge in [-0.2, -0.15) is 0 Å². The summed E-state index contributed by atoms with van der Waals surface area (Å²) in [6, 6.07) is 16.4. The minimum Gasteiger partial charge on any atom is -0.463 e. The van der Waals surface area contributed by atoms with Crippen LogP contribution in [0, 0.1) is 6.92 Å². The van der Waals surface area contributed by atoms with Gasteiger partial charge in [0.1, 0.15) is 29.8 Å². The molecule has 6 heteroatoms. The molecule has 0 aliphatic carbocycles. The van der Waals surface area contributed by atoms with Crippen LogP contribution in [0.15, 0.2) is 59.0 Å². The van der Waals surface area contributed by atoms with Crippen LogP contribution in [-0.4, -0.2) is 19.0 Å². The number of ether oxygens (including phenoxy) is 3. The molecule has 0 unspecified atom stereocenters. The highest BCUT2D eigenvalue weighted by molar-refractivity contribution is 5.88. The summed E-state index contributed by atoms with van der Waals surface area (Å²) >= 11 is 0. The van der Waals surface area contributed by atoms with Crippen LogP contribution >= 0.6 is 0 Å². The number of carbonyl (C=O) groups is 2. The number of aryl methyl sites for hydroxylation is 1. The Labute approximate surface area is 161 Å². The zero-order chi connectivity index (χ0) is 19.7. The molecule has 4 rings (SSSR count). The van der Waals surface area contributed by atoms with Crippen LogP contribution in [0.4, 0.5) is 0 Å². The van der Waals surface area contributed by atoms with Gasteiger partial charge in [0, 0.05) is 16.7 Å². The Morgan fingerprint density at radius 2 is 1.61 bits per heavy atom. The van der Waals surface area contributed by atoms with Gasteiger partial charge in [-0.3, -0.25) is 4.79 Å². The summed E-state index contributed by atoms with van der Waals surface area (Å²) in [4.78, 5) is 24.6. The maximum atomic E-state index is 13.0. The lowest BCUT2D eigenvalue weighted by atomic mass is 9.88. The lowest BCUT2D eigenvalue weighted by Crippen LogP contribution is -2.21. The number of rotatable bonds is 4. The van der Waals surface area contributed by atoms with Crippen molar-refractivity contribution in [2.24, 2.45) is 0 Å². The largest absolute Gasteiger partial charge is 0.463 e. The molecule has 0 radical (unpaired) electrons. The number of fused-ring (bicyclic) bond motifs is 2. The van der Waals surface area contributed by atoms with E-state index in [1.165, 1.54) is 7.11 Å². The highest BCUT2D eigenvalue weighted by Crippen LogP contribution is 2.44. The van der Waals surface area contributed by atoms with Crippen molar-refractivity contribution in [1.29, 1.82) is 0 Å². The molecule has 0 bridgehead atoms. The Morgan fingerprint density at radius 1 is 1.00 bits per heavy atom. The van der Waals surface area contributed by atoms with E-state index >= 15 is 0 Å². The molecule has 1 aliphatic heterocycles. The van der Waals surface area contributed by atoms with Crippen molar-refractivity contribution in [3.8, 4) is 11.5 Å². The Hall–Kier alpha value is -3.54. The number of benzene rings is 2. The number of hydrogen-bond donors (Lipinski definition) is 0. The molecule has 6 nitrogen and oxygen atoms in total. The zero-order valence-corrected chi connectivity index (χ0v) is 15.4. The highest BCUT2D eigenvalue weighted by Gasteiger charge is 2.33. The fourth-order valence-electron chi connectivity index (χ4n) is 3.30. The Kier molecular flexibility index (Phi) is 4.61. The lowest BCUT2D eigenvalue weighted by molar-refractivity contribution is -0.146. The van der Waals surface area contributed by atoms with Gasteiger partial charge in [0.25, 0.3) is 0 Å². The van der Waals surface area contributed by atoms with Gasteiger partial charge in [0.15, 0.2) is 0 Å². The monoisotopic (exact) mass is 378 g/mol. The summed E-state index contributed by atoms with van der Waals surface area (Å²) in [5, 5.41) is 0. The molecule has 2 heterocycles. The van der Waals surface area contributed by atoms with E-state index in [4.69, 9.17) is 13.9 Å². The molecule has 1 aromatic heterocycles. The molecular formula is C22H18O6. The van der Waals surface area contributed by atoms with E-state index < -0.39 is 17.9 Å². The van der Waals surface area contributed by atoms with Crippen molar-refractivity contribution >= 4 is 11.9 Å². The van der Waals surface area contributed by atoms with E-state index in [0.29, 0.717) is 22.8 Å². The molecule has 1 aliphatic rings. The van der Waals surface area contributed by atoms with Crippen LogP contribution in [-0.2, 0) is 20.9 Å². The molecule has 0 N–H and O–H groups in total. The third-order valence-electron chi connectivity index (χ3n) is 4.61. The second kappa shape index (κ2) is 7.23. The standard InChI is InChI=1S/C22H18O6/c1-13-11-14(27-20(13)22(24)25-2)12-26-21(23)19-15-7-3-5-9-17(15)28-18-10-6-4-8-16(18)19/h3-11,19H,12H2,1-2H3. The van der Waals surface area contributed by atoms with Crippen molar-refractivity contribution in [2.75, 3.05) is 7.11 Å². The summed E-state index contributed by atoms with van der Waals surface area (Å²) in [5.74, 6) is 0.154. The summed E-state index contributed by atoms with van der Waals surface area (Å²) < 4.78 is 21.6. The van der Waals surface area contributed by atoms with Crippen LogP contribution in [0.1, 0.15) is 38.9 Å². The third-order valence-corrected chi connectivity index (χ3v) is 4.61. The molecule has 0 saturated carbocycles. The van der Waals surface area contributed by atoms with Crippen molar-refractivity contribution < 1.29 is 28.2 Å². The van der Waals surface area contributed by atoms with Crippen LogP contribution in [0.5, 0.6) is 11.5 Å². The maximum Gasteiger partial charge on any atom is 0.374 e. The highest BCUT2D eigenvalue weighted by atomic mass is 16.6. The average molecular weight is 378 g/mol. The van der Waals surface area contributed by atoms with Crippen molar-refractivity contribution in [3.05, 3.63) is 82.8 Å². The van der Waals surface area contributed by atoms with Crippen molar-refractivity contribution in [3.63, 3.8) is 0 Å². The van der Waals surface area contributed by atoms with Gasteiger partial charge in [0.2, 0.25) is 5.76 Å². The first-order valence-corrected chi connectivity index (χ1v) is 8.78. The number of furan rings is 1. The topological polar surface area (TPSA) is 75.0 Å². The first-order chi connectivity index (χ1) is 13.6. The van der Waals surface area contributed by atoms with Crippen molar-refractivity contribution in [1.82, 2.24) is 0 Å². The zero-order valence-electron chi connectivity index (χ0n) is 15.4. The predicted molar refractivity (Wildman–Crippen MR) is 99.4 cm³/mol. The Balaban J connectivity index is 1.58. The van der Waals surface area contributed by atoms with Crippen LogP contribution < -0.4 is 4.74 Å². The van der Waals surface area contributed by atoms with Gasteiger partial charge in [-0.05, 0) is 25.1 Å². The van der Waals surface area contributed by atoms with E-state index in [9.17, 15) is 9.59 Å². The van der Waals surface area contributed by atoms with Crippen LogP contribution in [0.3, 0.4) is 0 Å². The summed E-state index contributed by atoms with van der Waals surface area (Å²) in [6.07, 6.45) is 0. The first kappa shape index (κ1) is 17.9. The van der Waals surface area contributed by atoms with Crippen molar-refractivity contribution in [2.45, 2.75) is 19.4 Å². The Morgan fingerprint density at radius 3 is 2.21 bits per heavy atom. The molecule has 0 atom stereocenters. The minimum atomic E-state index is -0.600. The van der Waals surface area contributed by atoms with Gasteiger partial charge >= 0.3 is 11.9 Å². The third kappa shape index (κ3) is 3.13. The molecule has 2 aromatic carbocycles. The predicted octanol–water partition coefficient (Wildman–Crippen LogP) is 4.36. The quantitative estimate of drug-likeness (QED) is 0.628. The molecule has 142 valence electrons. The van der Waals surface area contributed by atoms with Gasteiger partial charge in [-0.25, -0.2) is 4.79 Å². The number of para-hydroxylation sites is 2. The molecular weight excluding hydrogens is 360 g/mol. The summed E-state index contributed by atoms with van der Waals surface area (Å²) in [7, 11) is 1.28. The van der Waals surface area contributed by atoms with Crippen LogP contribution in [0.2, 0.25) is 0 Å². The average Bonchev–Trinajstić information content (AvgIpc) is 3.10. The summed E-state index contributed by atoms with van der Waals surface area (Å²) in [5.41, 5.74) is 2.12. The maximum absolute atomic E-state index is 13.0. The van der Waals surface area contributed by atoms with Crippen LogP contribution in [0.25, 0.3) is 0 Å². The second-order valence-corrected chi connectivity index (χ2v) is 6.43. The molecule has 0 spiro atoms. The molecule has 3 aromatic rings. The fraction of sp³-hybridized carbons (Fsp3) is 0.182. The first-order valence-electron chi connectivity index (χ1n) is 8.78. The van der Waals surface area contributed by atoms with Gasteiger partial charge in [-0.1, -0.05) is 36.4 Å². The number of esters is 2. The van der Waals surface area contributed by atoms with E-state index in [1.54, 1.807) is 13.0 Å². The molecule has 0 amide bonds. The van der Waals surface area contributed by atoms with E-state index in [2.05, 4.69) is 4.74 Å². The van der Waals surface area contributed by atoms with E-state index in [0.717, 1.165) is 11.1 Å². The summed E-state index contributed by atoms with van der Waals surface area (Å²) in [6.45, 7) is 1.64. The fourth-order valence-corrected chi connectivity index (χ4v) is 3.30. The van der Waals surface area contributed by atoms with Gasteiger partial charge in [0.05, 0.1) is 7.11 Å². The minimum absolute atomic E-state index is 0.0850. The van der Waals surface area contributed by atoms with E-state index in [1.807, 2.05) is 48.5 Å². The molecule has 0 fully saturated rings. The number of methoxy groups -OCH3 is 1. The van der Waals surface area contributed by atoms with Gasteiger partial charge < -0.3 is 18.6 Å². The normalized spacial score (nSPS) is 12.5. The SMILES string of the molecule is COC(=O)c1oc(COC(=O)C2c3ccccc3Oc3ccccc32)cc1C. The lowest BCUT2D eigenvalue weighted by Gasteiger charge is -2.26. The second-order valence-electron chi connectivity index (χ2n) is 6.43. The smallest absolute Gasteiger partial charge is 0.374 e. The van der Waals surface area contributed by atoms with Gasteiger partial charge in [-0.15, -0.1) is 0 Å².